The number of rotatable bonds is 13. The van der Waals surface area contributed by atoms with Crippen molar-refractivity contribution in [2.75, 3.05) is 7.11 Å². The maximum Gasteiger partial charge on any atom is 0.187 e. The van der Waals surface area contributed by atoms with E-state index in [0.717, 1.165) is 23.6 Å². The third-order valence-electron chi connectivity index (χ3n) is 5.97. The second-order valence-electron chi connectivity index (χ2n) is 9.13. The van der Waals surface area contributed by atoms with Crippen LogP contribution in [0, 0.1) is 0 Å². The first kappa shape index (κ1) is 26.5. The molecule has 1 heterocycles. The van der Waals surface area contributed by atoms with E-state index in [-0.39, 0.29) is 12.2 Å². The minimum Gasteiger partial charge on any atom is -0.409 e. The summed E-state index contributed by atoms with van der Waals surface area (Å²) >= 11 is 0. The van der Waals surface area contributed by atoms with E-state index in [4.69, 9.17) is 23.4 Å². The average Bonchev–Trinajstić information content (AvgIpc) is 2.86. The summed E-state index contributed by atoms with van der Waals surface area (Å²) in [6, 6.07) is 21.2. The van der Waals surface area contributed by atoms with Gasteiger partial charge in [0.1, 0.15) is 24.4 Å². The quantitative estimate of drug-likeness (QED) is 0.263. The van der Waals surface area contributed by atoms with Crippen molar-refractivity contribution in [1.29, 1.82) is 0 Å². The van der Waals surface area contributed by atoms with Crippen LogP contribution in [-0.4, -0.2) is 46.1 Å². The lowest BCUT2D eigenvalue weighted by atomic mass is 9.98. The van der Waals surface area contributed by atoms with Crippen LogP contribution in [0.2, 0.25) is 19.1 Å². The number of ether oxygens (including phenoxy) is 4. The number of hydrogen-bond acceptors (Lipinski definition) is 5. The summed E-state index contributed by atoms with van der Waals surface area (Å²) in [7, 11) is -0.417. The lowest BCUT2D eigenvalue weighted by Gasteiger charge is -2.47. The van der Waals surface area contributed by atoms with Crippen LogP contribution in [0.3, 0.4) is 0 Å². The van der Waals surface area contributed by atoms with Gasteiger partial charge in [-0.25, -0.2) is 0 Å². The summed E-state index contributed by atoms with van der Waals surface area (Å²) in [5.74, 6) is 0. The average molecular weight is 483 g/mol. The number of benzene rings is 2. The predicted octanol–water partition coefficient (Wildman–Crippen LogP) is 5.88. The number of methoxy groups -OCH3 is 1. The Bertz CT molecular complexity index is 873. The standard InChI is InChI=1S/C28H38O5Si/c1-6-8-19-34(4,5)33-25-24(7-2)32-28(29-3)27(31-21-23-17-13-10-14-18-23)26(25)30-20-22-15-11-9-12-16-22/h6-7,9-18,24-28H,1-2,8,19-21H2,3-5H3/t24-,25-,26+,27-,28+/m1/s1. The molecule has 2 aromatic rings. The molecule has 0 spiro atoms. The fraction of sp³-hybridized carbons (Fsp3) is 0.429. The number of hydrogen-bond donors (Lipinski definition) is 0. The van der Waals surface area contributed by atoms with Gasteiger partial charge in [-0.05, 0) is 36.7 Å². The van der Waals surface area contributed by atoms with Crippen LogP contribution in [0.4, 0.5) is 0 Å². The Morgan fingerprint density at radius 3 is 1.91 bits per heavy atom. The first-order chi connectivity index (χ1) is 16.5. The summed E-state index contributed by atoms with van der Waals surface area (Å²) < 4.78 is 31.7. The molecule has 1 aliphatic heterocycles. The summed E-state index contributed by atoms with van der Waals surface area (Å²) in [4.78, 5) is 0. The molecule has 0 aromatic heterocycles. The van der Waals surface area contributed by atoms with Crippen LogP contribution in [-0.2, 0) is 36.6 Å². The third-order valence-corrected chi connectivity index (χ3v) is 8.37. The van der Waals surface area contributed by atoms with Gasteiger partial charge in [0.2, 0.25) is 0 Å². The largest absolute Gasteiger partial charge is 0.409 e. The molecule has 5 atom stereocenters. The van der Waals surface area contributed by atoms with Gasteiger partial charge >= 0.3 is 0 Å². The van der Waals surface area contributed by atoms with Crippen molar-refractivity contribution >= 4 is 8.32 Å². The molecule has 184 valence electrons. The molecule has 0 aliphatic carbocycles. The normalized spacial score (nSPS) is 25.1. The van der Waals surface area contributed by atoms with E-state index >= 15 is 0 Å². The van der Waals surface area contributed by atoms with E-state index in [1.165, 1.54) is 0 Å². The molecule has 34 heavy (non-hydrogen) atoms. The van der Waals surface area contributed by atoms with Gasteiger partial charge < -0.3 is 23.4 Å². The van der Waals surface area contributed by atoms with Gasteiger partial charge in [0.15, 0.2) is 14.6 Å². The van der Waals surface area contributed by atoms with Crippen molar-refractivity contribution in [3.05, 3.63) is 97.1 Å². The Balaban J connectivity index is 1.87. The molecule has 0 unspecified atom stereocenters. The monoisotopic (exact) mass is 482 g/mol. The SMILES string of the molecule is C=CCC[Si](C)(C)O[C@H]1[C@H](OCc2ccccc2)[C@@H](OCc2ccccc2)[C@@H](OC)O[C@@H]1C=C. The zero-order valence-electron chi connectivity index (χ0n) is 20.6. The second kappa shape index (κ2) is 13.1. The summed E-state index contributed by atoms with van der Waals surface area (Å²) in [5.41, 5.74) is 2.16. The molecule has 0 radical (unpaired) electrons. The molecule has 2 aromatic carbocycles. The summed E-state index contributed by atoms with van der Waals surface area (Å²) in [5, 5.41) is 0. The van der Waals surface area contributed by atoms with E-state index in [0.29, 0.717) is 13.2 Å². The Hall–Kier alpha value is -2.06. The lowest BCUT2D eigenvalue weighted by molar-refractivity contribution is -0.299. The van der Waals surface area contributed by atoms with Crippen molar-refractivity contribution in [3.8, 4) is 0 Å². The molecular weight excluding hydrogens is 444 g/mol. The smallest absolute Gasteiger partial charge is 0.187 e. The second-order valence-corrected chi connectivity index (χ2v) is 13.4. The molecule has 0 bridgehead atoms. The first-order valence-electron chi connectivity index (χ1n) is 11.9. The molecule has 3 rings (SSSR count). The van der Waals surface area contributed by atoms with Crippen LogP contribution in [0.5, 0.6) is 0 Å². The van der Waals surface area contributed by atoms with E-state index in [2.05, 4.69) is 38.4 Å². The summed E-state index contributed by atoms with van der Waals surface area (Å²) in [6.45, 7) is 13.2. The van der Waals surface area contributed by atoms with Gasteiger partial charge in [0.25, 0.3) is 0 Å². The van der Waals surface area contributed by atoms with Crippen molar-refractivity contribution in [3.63, 3.8) is 0 Å². The minimum absolute atomic E-state index is 0.361. The highest BCUT2D eigenvalue weighted by molar-refractivity contribution is 6.71. The van der Waals surface area contributed by atoms with Crippen molar-refractivity contribution in [2.24, 2.45) is 0 Å². The topological polar surface area (TPSA) is 46.2 Å². The van der Waals surface area contributed by atoms with Crippen LogP contribution in [0.25, 0.3) is 0 Å². The molecule has 1 aliphatic rings. The zero-order chi connectivity index (χ0) is 24.4. The Labute approximate surface area is 205 Å². The molecule has 0 N–H and O–H groups in total. The zero-order valence-corrected chi connectivity index (χ0v) is 21.6. The third kappa shape index (κ3) is 7.47. The van der Waals surface area contributed by atoms with E-state index in [1.54, 1.807) is 13.2 Å². The van der Waals surface area contributed by atoms with Crippen LogP contribution in [0.1, 0.15) is 17.5 Å². The Morgan fingerprint density at radius 2 is 1.41 bits per heavy atom. The van der Waals surface area contributed by atoms with E-state index in [1.807, 2.05) is 54.6 Å². The van der Waals surface area contributed by atoms with Gasteiger partial charge in [0, 0.05) is 7.11 Å². The highest BCUT2D eigenvalue weighted by Gasteiger charge is 2.49. The fourth-order valence-corrected chi connectivity index (χ4v) is 6.15. The van der Waals surface area contributed by atoms with Crippen LogP contribution >= 0.6 is 0 Å². The van der Waals surface area contributed by atoms with Gasteiger partial charge in [-0.2, -0.15) is 0 Å². The van der Waals surface area contributed by atoms with E-state index in [9.17, 15) is 0 Å². The van der Waals surface area contributed by atoms with Gasteiger partial charge in [-0.15, -0.1) is 13.2 Å². The molecule has 1 saturated heterocycles. The Kier molecular flexibility index (Phi) is 10.3. The van der Waals surface area contributed by atoms with Crippen molar-refractivity contribution in [2.45, 2.75) is 69.5 Å². The number of allylic oxidation sites excluding steroid dienone is 1. The first-order valence-corrected chi connectivity index (χ1v) is 15.0. The maximum absolute atomic E-state index is 6.79. The van der Waals surface area contributed by atoms with Crippen LogP contribution < -0.4 is 0 Å². The van der Waals surface area contributed by atoms with E-state index < -0.39 is 26.8 Å². The van der Waals surface area contributed by atoms with Gasteiger partial charge in [-0.3, -0.25) is 0 Å². The van der Waals surface area contributed by atoms with Crippen molar-refractivity contribution < 1.29 is 23.4 Å². The fourth-order valence-electron chi connectivity index (χ4n) is 4.13. The van der Waals surface area contributed by atoms with Crippen LogP contribution in [0.15, 0.2) is 86.0 Å². The summed E-state index contributed by atoms with van der Waals surface area (Å²) in [6.07, 6.45) is 2.41. The molecule has 0 amide bonds. The Morgan fingerprint density at radius 1 is 0.853 bits per heavy atom. The predicted molar refractivity (Wildman–Crippen MR) is 138 cm³/mol. The van der Waals surface area contributed by atoms with Crippen molar-refractivity contribution in [1.82, 2.24) is 0 Å². The van der Waals surface area contributed by atoms with Gasteiger partial charge in [0.05, 0.1) is 13.2 Å². The molecule has 6 heteroatoms. The molecule has 0 saturated carbocycles. The molecule has 5 nitrogen and oxygen atoms in total. The highest BCUT2D eigenvalue weighted by atomic mass is 28.4. The lowest BCUT2D eigenvalue weighted by Crippen LogP contribution is -2.62. The molecule has 1 fully saturated rings. The van der Waals surface area contributed by atoms with Gasteiger partial charge in [-0.1, -0.05) is 72.8 Å². The molecular formula is C28H38O5Si. The highest BCUT2D eigenvalue weighted by Crippen LogP contribution is 2.33. The minimum atomic E-state index is -2.04. The maximum atomic E-state index is 6.79.